The highest BCUT2D eigenvalue weighted by Gasteiger charge is 2.49. The zero-order valence-electron chi connectivity index (χ0n) is 15.3. The number of urea groups is 1. The zero-order valence-corrected chi connectivity index (χ0v) is 15.3. The maximum Gasteiger partial charge on any atom is 0.326 e. The first-order chi connectivity index (χ1) is 11.8. The van der Waals surface area contributed by atoms with Crippen LogP contribution in [0.5, 0.6) is 0 Å². The van der Waals surface area contributed by atoms with Gasteiger partial charge in [0.1, 0.15) is 12.1 Å². The summed E-state index contributed by atoms with van der Waals surface area (Å²) in [4.78, 5) is 37.7. The molecule has 6 nitrogen and oxygen atoms in total. The van der Waals surface area contributed by atoms with Crippen molar-refractivity contribution >= 4 is 17.9 Å². The molecule has 1 atom stereocenters. The largest absolute Gasteiger partial charge is 0.464 e. The van der Waals surface area contributed by atoms with E-state index in [1.54, 1.807) is 6.92 Å². The predicted octanol–water partition coefficient (Wildman–Crippen LogP) is 2.92. The fourth-order valence-electron chi connectivity index (χ4n) is 2.74. The van der Waals surface area contributed by atoms with Gasteiger partial charge in [0, 0.05) is 0 Å². The molecule has 0 aromatic heterocycles. The lowest BCUT2D eigenvalue weighted by Gasteiger charge is -2.22. The number of ether oxygens (including phenoxy) is 1. The third kappa shape index (κ3) is 4.00. The number of carbonyl (C=O) groups excluding carboxylic acids is 3. The number of unbranched alkanes of at least 4 members (excludes halogenated alkanes) is 1. The molecular formula is C19H26N2O4. The maximum atomic E-state index is 12.8. The fraction of sp³-hybridized carbons (Fsp3) is 0.526. The smallest absolute Gasteiger partial charge is 0.326 e. The van der Waals surface area contributed by atoms with Crippen LogP contribution in [-0.2, 0) is 19.9 Å². The molecule has 1 N–H and O–H groups in total. The molecule has 1 fully saturated rings. The molecule has 1 aromatic rings. The summed E-state index contributed by atoms with van der Waals surface area (Å²) in [5.41, 5.74) is 0.675. The molecule has 6 heteroatoms. The van der Waals surface area contributed by atoms with Crippen molar-refractivity contribution in [2.24, 2.45) is 0 Å². The average Bonchev–Trinajstić information content (AvgIpc) is 2.79. The van der Waals surface area contributed by atoms with Crippen molar-refractivity contribution in [2.75, 3.05) is 13.2 Å². The third-order valence-corrected chi connectivity index (χ3v) is 4.48. The van der Waals surface area contributed by atoms with Crippen molar-refractivity contribution in [2.45, 2.75) is 52.0 Å². The number of benzene rings is 1. The van der Waals surface area contributed by atoms with Gasteiger partial charge in [-0.1, -0.05) is 51.5 Å². The van der Waals surface area contributed by atoms with Crippen LogP contribution in [0.3, 0.4) is 0 Å². The monoisotopic (exact) mass is 346 g/mol. The maximum absolute atomic E-state index is 12.8. The topological polar surface area (TPSA) is 75.7 Å². The standard InChI is InChI=1S/C19H26N2O4/c1-5-6-11-25-16(22)12-21-17(23)19(4,20-18(21)24)15-9-7-14(8-10-15)13(2)3/h7-10,13H,5-6,11-12H2,1-4H3,(H,20,24)/t19-/m1/s1. The van der Waals surface area contributed by atoms with Crippen LogP contribution in [0.4, 0.5) is 4.79 Å². The van der Waals surface area contributed by atoms with Crippen LogP contribution in [-0.4, -0.2) is 36.0 Å². The van der Waals surface area contributed by atoms with Gasteiger partial charge in [-0.2, -0.15) is 0 Å². The summed E-state index contributed by atoms with van der Waals surface area (Å²) < 4.78 is 5.04. The van der Waals surface area contributed by atoms with Crippen LogP contribution in [0.1, 0.15) is 57.6 Å². The molecule has 136 valence electrons. The quantitative estimate of drug-likeness (QED) is 0.468. The second-order valence-electron chi connectivity index (χ2n) is 6.80. The molecule has 2 rings (SSSR count). The summed E-state index contributed by atoms with van der Waals surface area (Å²) in [5, 5.41) is 2.70. The molecule has 3 amide bonds. The number of hydrogen-bond donors (Lipinski definition) is 1. The van der Waals surface area contributed by atoms with Gasteiger partial charge in [0.2, 0.25) is 0 Å². The first kappa shape index (κ1) is 19.0. The molecule has 0 bridgehead atoms. The van der Waals surface area contributed by atoms with Crippen LogP contribution in [0.2, 0.25) is 0 Å². The molecule has 0 radical (unpaired) electrons. The van der Waals surface area contributed by atoms with Crippen LogP contribution in [0.15, 0.2) is 24.3 Å². The Hall–Kier alpha value is -2.37. The van der Waals surface area contributed by atoms with E-state index in [-0.39, 0.29) is 6.54 Å². The molecule has 1 heterocycles. The summed E-state index contributed by atoms with van der Waals surface area (Å²) in [5.74, 6) is -0.635. The van der Waals surface area contributed by atoms with Crippen molar-refractivity contribution < 1.29 is 19.1 Å². The van der Waals surface area contributed by atoms with Gasteiger partial charge in [-0.25, -0.2) is 4.79 Å². The van der Waals surface area contributed by atoms with E-state index in [1.807, 2.05) is 31.2 Å². The number of rotatable bonds is 7. The molecule has 0 spiro atoms. The summed E-state index contributed by atoms with van der Waals surface area (Å²) >= 11 is 0. The minimum Gasteiger partial charge on any atom is -0.464 e. The van der Waals surface area contributed by atoms with Crippen LogP contribution < -0.4 is 5.32 Å². The Kier molecular flexibility index (Phi) is 5.82. The predicted molar refractivity (Wildman–Crippen MR) is 94.0 cm³/mol. The first-order valence-corrected chi connectivity index (χ1v) is 8.69. The third-order valence-electron chi connectivity index (χ3n) is 4.48. The van der Waals surface area contributed by atoms with Crippen LogP contribution >= 0.6 is 0 Å². The molecule has 1 saturated heterocycles. The fourth-order valence-corrected chi connectivity index (χ4v) is 2.74. The van der Waals surface area contributed by atoms with Crippen LogP contribution in [0.25, 0.3) is 0 Å². The van der Waals surface area contributed by atoms with Gasteiger partial charge in [-0.05, 0) is 30.4 Å². The number of nitrogens with zero attached hydrogens (tertiary/aromatic N) is 1. The SMILES string of the molecule is CCCCOC(=O)CN1C(=O)N[C@](C)(c2ccc(C(C)C)cc2)C1=O. The van der Waals surface area contributed by atoms with Gasteiger partial charge in [0.25, 0.3) is 5.91 Å². The number of imide groups is 1. The second kappa shape index (κ2) is 7.68. The molecule has 0 unspecified atom stereocenters. The van der Waals surface area contributed by atoms with Gasteiger partial charge >= 0.3 is 12.0 Å². The summed E-state index contributed by atoms with van der Waals surface area (Å²) in [7, 11) is 0. The van der Waals surface area contributed by atoms with E-state index >= 15 is 0 Å². The van der Waals surface area contributed by atoms with E-state index in [1.165, 1.54) is 0 Å². The Morgan fingerprint density at radius 3 is 2.44 bits per heavy atom. The molecular weight excluding hydrogens is 320 g/mol. The van der Waals surface area contributed by atoms with Crippen molar-refractivity contribution in [3.05, 3.63) is 35.4 Å². The lowest BCUT2D eigenvalue weighted by molar-refractivity contribution is -0.147. The highest BCUT2D eigenvalue weighted by Crippen LogP contribution is 2.29. The van der Waals surface area contributed by atoms with Crippen molar-refractivity contribution in [3.8, 4) is 0 Å². The Labute approximate surface area is 148 Å². The Bertz CT molecular complexity index is 654. The minimum atomic E-state index is -1.17. The summed E-state index contributed by atoms with van der Waals surface area (Å²) in [6, 6.07) is 7.01. The number of amides is 3. The van der Waals surface area contributed by atoms with E-state index in [0.717, 1.165) is 23.3 Å². The minimum absolute atomic E-state index is 0.299. The first-order valence-electron chi connectivity index (χ1n) is 8.69. The molecule has 0 aliphatic carbocycles. The lowest BCUT2D eigenvalue weighted by Crippen LogP contribution is -2.41. The number of hydrogen-bond acceptors (Lipinski definition) is 4. The van der Waals surface area contributed by atoms with E-state index in [4.69, 9.17) is 4.74 Å². The van der Waals surface area contributed by atoms with Gasteiger partial charge in [0.05, 0.1) is 6.61 Å². The van der Waals surface area contributed by atoms with E-state index in [0.29, 0.717) is 18.1 Å². The zero-order chi connectivity index (χ0) is 18.6. The van der Waals surface area contributed by atoms with Gasteiger partial charge in [-0.3, -0.25) is 14.5 Å². The lowest BCUT2D eigenvalue weighted by atomic mass is 9.90. The Balaban J connectivity index is 2.12. The second-order valence-corrected chi connectivity index (χ2v) is 6.80. The number of esters is 1. The van der Waals surface area contributed by atoms with Crippen LogP contribution in [0, 0.1) is 0 Å². The molecule has 1 aromatic carbocycles. The molecule has 25 heavy (non-hydrogen) atoms. The van der Waals surface area contributed by atoms with E-state index < -0.39 is 23.4 Å². The Morgan fingerprint density at radius 2 is 1.88 bits per heavy atom. The summed E-state index contributed by atoms with van der Waals surface area (Å²) in [6.07, 6.45) is 1.66. The van der Waals surface area contributed by atoms with E-state index in [9.17, 15) is 14.4 Å². The molecule has 1 aliphatic rings. The summed E-state index contributed by atoms with van der Waals surface area (Å²) in [6.45, 7) is 7.75. The number of nitrogens with one attached hydrogen (secondary N) is 1. The van der Waals surface area contributed by atoms with E-state index in [2.05, 4.69) is 19.2 Å². The number of carbonyl (C=O) groups is 3. The van der Waals surface area contributed by atoms with Gasteiger partial charge < -0.3 is 10.1 Å². The van der Waals surface area contributed by atoms with Crippen molar-refractivity contribution in [1.82, 2.24) is 10.2 Å². The normalized spacial score (nSPS) is 20.1. The Morgan fingerprint density at radius 1 is 1.24 bits per heavy atom. The molecule has 1 aliphatic heterocycles. The molecule has 0 saturated carbocycles. The van der Waals surface area contributed by atoms with Gasteiger partial charge in [0.15, 0.2) is 0 Å². The van der Waals surface area contributed by atoms with Crippen molar-refractivity contribution in [1.29, 1.82) is 0 Å². The highest BCUT2D eigenvalue weighted by molar-refractivity contribution is 6.08. The average molecular weight is 346 g/mol. The van der Waals surface area contributed by atoms with Crippen molar-refractivity contribution in [3.63, 3.8) is 0 Å². The highest BCUT2D eigenvalue weighted by atomic mass is 16.5. The van der Waals surface area contributed by atoms with Gasteiger partial charge in [-0.15, -0.1) is 0 Å².